The highest BCUT2D eigenvalue weighted by atomic mass is 35.5. The van der Waals surface area contributed by atoms with Gasteiger partial charge >= 0.3 is 0 Å². The predicted molar refractivity (Wildman–Crippen MR) is 103 cm³/mol. The molecule has 1 heterocycles. The fourth-order valence-electron chi connectivity index (χ4n) is 2.52. The van der Waals surface area contributed by atoms with Gasteiger partial charge in [0.2, 0.25) is 0 Å². The van der Waals surface area contributed by atoms with Crippen molar-refractivity contribution < 1.29 is 14.4 Å². The lowest BCUT2D eigenvalue weighted by molar-refractivity contribution is -0.120. The lowest BCUT2D eigenvalue weighted by Crippen LogP contribution is -2.36. The Hall–Kier alpha value is -2.57. The highest BCUT2D eigenvalue weighted by molar-refractivity contribution is 6.30. The Morgan fingerprint density at radius 1 is 1.15 bits per heavy atom. The van der Waals surface area contributed by atoms with Gasteiger partial charge in [0, 0.05) is 29.5 Å². The van der Waals surface area contributed by atoms with E-state index in [2.05, 4.69) is 15.4 Å². The second kappa shape index (κ2) is 9.22. The molecule has 0 aliphatic carbocycles. The molecule has 2 aromatic rings. The molecule has 0 unspecified atom stereocenters. The van der Waals surface area contributed by atoms with Gasteiger partial charge in [0.15, 0.2) is 6.61 Å². The third-order valence-corrected chi connectivity index (χ3v) is 4.12. The zero-order valence-electron chi connectivity index (χ0n) is 14.2. The summed E-state index contributed by atoms with van der Waals surface area (Å²) in [5.41, 5.74) is 2.68. The highest BCUT2D eigenvalue weighted by Gasteiger charge is 2.11. The number of hydrogen-bond donors (Lipinski definition) is 1. The number of oxime groups is 1. The second-order valence-electron chi connectivity index (χ2n) is 5.75. The van der Waals surface area contributed by atoms with Crippen molar-refractivity contribution in [2.24, 2.45) is 5.16 Å². The van der Waals surface area contributed by atoms with Crippen molar-refractivity contribution in [3.63, 3.8) is 0 Å². The Morgan fingerprint density at radius 2 is 1.85 bits per heavy atom. The van der Waals surface area contributed by atoms with Crippen molar-refractivity contribution in [1.82, 2.24) is 0 Å². The van der Waals surface area contributed by atoms with Gasteiger partial charge in [-0.3, -0.25) is 4.79 Å². The number of morpholine rings is 1. The van der Waals surface area contributed by atoms with E-state index in [0.717, 1.165) is 43.2 Å². The average Bonchev–Trinajstić information content (AvgIpc) is 2.68. The van der Waals surface area contributed by atoms with Gasteiger partial charge in [0.1, 0.15) is 0 Å². The number of ether oxygens (including phenoxy) is 1. The number of carbonyl (C=O) groups is 1. The van der Waals surface area contributed by atoms with Gasteiger partial charge in [-0.25, -0.2) is 0 Å². The van der Waals surface area contributed by atoms with Crippen LogP contribution in [-0.4, -0.2) is 45.0 Å². The van der Waals surface area contributed by atoms with Crippen molar-refractivity contribution in [2.75, 3.05) is 43.1 Å². The molecule has 3 rings (SSSR count). The second-order valence-corrected chi connectivity index (χ2v) is 6.19. The van der Waals surface area contributed by atoms with E-state index in [1.165, 1.54) is 6.21 Å². The Balaban J connectivity index is 1.43. The number of anilines is 2. The maximum atomic E-state index is 11.9. The summed E-state index contributed by atoms with van der Waals surface area (Å²) in [5.74, 6) is -0.266. The third kappa shape index (κ3) is 5.47. The Kier molecular flexibility index (Phi) is 6.46. The summed E-state index contributed by atoms with van der Waals surface area (Å²) in [4.78, 5) is 19.2. The summed E-state index contributed by atoms with van der Waals surface area (Å²) in [6.45, 7) is 3.09. The Labute approximate surface area is 157 Å². The fourth-order valence-corrected chi connectivity index (χ4v) is 2.64. The standard InChI is InChI=1S/C19H20ClN3O3/c20-16-3-1-15(2-4-16)13-21-26-14-19(24)22-17-5-7-18(8-6-17)23-9-11-25-12-10-23/h1-8,13H,9-12,14H2,(H,22,24). The van der Waals surface area contributed by atoms with E-state index in [9.17, 15) is 4.79 Å². The number of hydrogen-bond acceptors (Lipinski definition) is 5. The zero-order valence-corrected chi connectivity index (χ0v) is 15.0. The summed E-state index contributed by atoms with van der Waals surface area (Å²) in [7, 11) is 0. The van der Waals surface area contributed by atoms with Crippen LogP contribution in [-0.2, 0) is 14.4 Å². The van der Waals surface area contributed by atoms with Crippen LogP contribution >= 0.6 is 11.6 Å². The normalized spacial score (nSPS) is 14.4. The number of amides is 1. The van der Waals surface area contributed by atoms with E-state index in [1.807, 2.05) is 36.4 Å². The van der Waals surface area contributed by atoms with Crippen LogP contribution in [0.25, 0.3) is 0 Å². The van der Waals surface area contributed by atoms with E-state index in [-0.39, 0.29) is 12.5 Å². The van der Waals surface area contributed by atoms with Crippen molar-refractivity contribution in [2.45, 2.75) is 0 Å². The van der Waals surface area contributed by atoms with Crippen molar-refractivity contribution in [1.29, 1.82) is 0 Å². The van der Waals surface area contributed by atoms with E-state index in [0.29, 0.717) is 5.02 Å². The first-order chi connectivity index (χ1) is 12.7. The van der Waals surface area contributed by atoms with Crippen molar-refractivity contribution >= 4 is 35.1 Å². The molecule has 2 aromatic carbocycles. The van der Waals surface area contributed by atoms with Gasteiger partial charge in [-0.15, -0.1) is 0 Å². The highest BCUT2D eigenvalue weighted by Crippen LogP contribution is 2.19. The molecule has 0 bridgehead atoms. The van der Waals surface area contributed by atoms with Crippen LogP contribution in [0.4, 0.5) is 11.4 Å². The van der Waals surface area contributed by atoms with Gasteiger partial charge in [0.05, 0.1) is 19.4 Å². The van der Waals surface area contributed by atoms with Crippen LogP contribution < -0.4 is 10.2 Å². The predicted octanol–water partition coefficient (Wildman–Crippen LogP) is 3.17. The van der Waals surface area contributed by atoms with Crippen LogP contribution in [0.5, 0.6) is 0 Å². The number of benzene rings is 2. The molecular weight excluding hydrogens is 354 g/mol. The quantitative estimate of drug-likeness (QED) is 0.624. The number of rotatable bonds is 6. The lowest BCUT2D eigenvalue weighted by atomic mass is 10.2. The molecule has 0 aromatic heterocycles. The fraction of sp³-hybridized carbons (Fsp3) is 0.263. The molecular formula is C19H20ClN3O3. The summed E-state index contributed by atoms with van der Waals surface area (Å²) >= 11 is 5.81. The molecule has 0 atom stereocenters. The Morgan fingerprint density at radius 3 is 2.54 bits per heavy atom. The van der Waals surface area contributed by atoms with E-state index >= 15 is 0 Å². The molecule has 1 amide bonds. The maximum Gasteiger partial charge on any atom is 0.265 e. The third-order valence-electron chi connectivity index (χ3n) is 3.87. The summed E-state index contributed by atoms with van der Waals surface area (Å²) in [5, 5.41) is 7.22. The summed E-state index contributed by atoms with van der Waals surface area (Å²) in [6.07, 6.45) is 1.53. The van der Waals surface area contributed by atoms with Crippen LogP contribution in [0, 0.1) is 0 Å². The number of carbonyl (C=O) groups excluding carboxylic acids is 1. The topological polar surface area (TPSA) is 63.2 Å². The number of nitrogens with one attached hydrogen (secondary N) is 1. The van der Waals surface area contributed by atoms with Crippen molar-refractivity contribution in [3.05, 3.63) is 59.1 Å². The molecule has 7 heteroatoms. The molecule has 1 aliphatic heterocycles. The Bertz CT molecular complexity index is 742. The van der Waals surface area contributed by atoms with E-state index < -0.39 is 0 Å². The van der Waals surface area contributed by atoms with Gasteiger partial charge in [-0.1, -0.05) is 28.9 Å². The molecule has 1 saturated heterocycles. The minimum atomic E-state index is -0.266. The van der Waals surface area contributed by atoms with Crippen LogP contribution in [0.2, 0.25) is 5.02 Å². The first-order valence-electron chi connectivity index (χ1n) is 8.34. The van der Waals surface area contributed by atoms with Crippen molar-refractivity contribution in [3.8, 4) is 0 Å². The molecule has 0 spiro atoms. The summed E-state index contributed by atoms with van der Waals surface area (Å²) < 4.78 is 5.35. The SMILES string of the molecule is O=C(CON=Cc1ccc(Cl)cc1)Nc1ccc(N2CCOCC2)cc1. The number of halogens is 1. The van der Waals surface area contributed by atoms with Crippen LogP contribution in [0.15, 0.2) is 53.7 Å². The molecule has 0 radical (unpaired) electrons. The lowest BCUT2D eigenvalue weighted by Gasteiger charge is -2.28. The molecule has 1 N–H and O–H groups in total. The van der Waals surface area contributed by atoms with E-state index in [4.69, 9.17) is 21.2 Å². The van der Waals surface area contributed by atoms with Gasteiger partial charge in [0.25, 0.3) is 5.91 Å². The zero-order chi connectivity index (χ0) is 18.2. The number of nitrogens with zero attached hydrogens (tertiary/aromatic N) is 2. The molecule has 1 fully saturated rings. The summed E-state index contributed by atoms with van der Waals surface area (Å²) in [6, 6.07) is 14.9. The minimum Gasteiger partial charge on any atom is -0.386 e. The molecule has 6 nitrogen and oxygen atoms in total. The minimum absolute atomic E-state index is 0.157. The maximum absolute atomic E-state index is 11.9. The molecule has 26 heavy (non-hydrogen) atoms. The monoisotopic (exact) mass is 373 g/mol. The first kappa shape index (κ1) is 18.2. The average molecular weight is 374 g/mol. The van der Waals surface area contributed by atoms with Gasteiger partial charge in [-0.2, -0.15) is 0 Å². The first-order valence-corrected chi connectivity index (χ1v) is 8.72. The van der Waals surface area contributed by atoms with E-state index in [1.54, 1.807) is 12.1 Å². The largest absolute Gasteiger partial charge is 0.386 e. The van der Waals surface area contributed by atoms with Crippen LogP contribution in [0.1, 0.15) is 5.56 Å². The smallest absolute Gasteiger partial charge is 0.265 e. The molecule has 136 valence electrons. The van der Waals surface area contributed by atoms with Gasteiger partial charge in [-0.05, 0) is 42.0 Å². The van der Waals surface area contributed by atoms with Gasteiger partial charge < -0.3 is 19.8 Å². The molecule has 0 saturated carbocycles. The van der Waals surface area contributed by atoms with Crippen LogP contribution in [0.3, 0.4) is 0 Å². The molecule has 1 aliphatic rings.